The molecule has 0 saturated carbocycles. The molecule has 0 aliphatic heterocycles. The molecular weight excluding hydrogens is 172 g/mol. The Balaban J connectivity index is 2.35. The molecule has 2 rings (SSSR count). The summed E-state index contributed by atoms with van der Waals surface area (Å²) in [6.07, 6.45) is 4.01. The van der Waals surface area contributed by atoms with Gasteiger partial charge in [0, 0.05) is 5.41 Å². The third kappa shape index (κ3) is 1.47. The molecule has 1 heteroatoms. The number of hydrogen-bond acceptors (Lipinski definition) is 1. The highest BCUT2D eigenvalue weighted by molar-refractivity contribution is 5.63. The van der Waals surface area contributed by atoms with Gasteiger partial charge in [-0.3, -0.25) is 0 Å². The monoisotopic (exact) mass is 188 g/mol. The summed E-state index contributed by atoms with van der Waals surface area (Å²) in [6.45, 7) is 4.21. The molecule has 0 amide bonds. The van der Waals surface area contributed by atoms with E-state index in [2.05, 4.69) is 25.1 Å². The molecule has 0 saturated heterocycles. The van der Waals surface area contributed by atoms with Gasteiger partial charge in [-0.05, 0) is 36.0 Å². The summed E-state index contributed by atoms with van der Waals surface area (Å²) in [5.74, 6) is 0. The first kappa shape index (κ1) is 9.45. The minimum atomic E-state index is -0.144. The smallest absolute Gasteiger partial charge is 0.126 e. The molecule has 0 fully saturated rings. The molecule has 14 heavy (non-hydrogen) atoms. The van der Waals surface area contributed by atoms with Gasteiger partial charge >= 0.3 is 0 Å². The highest BCUT2D eigenvalue weighted by atomic mass is 16.1. The fourth-order valence-electron chi connectivity index (χ4n) is 2.25. The first-order valence-electron chi connectivity index (χ1n) is 5.24. The highest BCUT2D eigenvalue weighted by Crippen LogP contribution is 2.35. The second-order valence-corrected chi connectivity index (χ2v) is 4.58. The zero-order chi connectivity index (χ0) is 10.2. The van der Waals surface area contributed by atoms with Crippen molar-refractivity contribution in [1.82, 2.24) is 0 Å². The van der Waals surface area contributed by atoms with Crippen molar-refractivity contribution in [3.63, 3.8) is 0 Å². The summed E-state index contributed by atoms with van der Waals surface area (Å²) in [5, 5.41) is 0. The molecule has 1 aliphatic rings. The Kier molecular flexibility index (Phi) is 2.18. The van der Waals surface area contributed by atoms with Gasteiger partial charge in [0.15, 0.2) is 0 Å². The maximum Gasteiger partial charge on any atom is 0.126 e. The van der Waals surface area contributed by atoms with Gasteiger partial charge < -0.3 is 4.79 Å². The Bertz CT molecular complexity index is 367. The van der Waals surface area contributed by atoms with Crippen LogP contribution in [0.4, 0.5) is 0 Å². The van der Waals surface area contributed by atoms with Crippen LogP contribution in [0.5, 0.6) is 0 Å². The molecule has 1 aliphatic carbocycles. The lowest BCUT2D eigenvalue weighted by atomic mass is 9.89. The second-order valence-electron chi connectivity index (χ2n) is 4.58. The van der Waals surface area contributed by atoms with E-state index in [-0.39, 0.29) is 5.41 Å². The standard InChI is InChI=1S/C13H16O/c1-3-10-4-5-11-7-13(2,9-14)8-12(11)6-10/h4-6,9H,3,7-8H2,1-2H3/t13-/m1/s1. The van der Waals surface area contributed by atoms with Crippen LogP contribution < -0.4 is 0 Å². The number of carbonyl (C=O) groups is 1. The minimum absolute atomic E-state index is 0.144. The van der Waals surface area contributed by atoms with E-state index in [0.717, 1.165) is 25.5 Å². The van der Waals surface area contributed by atoms with Gasteiger partial charge in [-0.25, -0.2) is 0 Å². The van der Waals surface area contributed by atoms with Crippen LogP contribution in [0.3, 0.4) is 0 Å². The first-order chi connectivity index (χ1) is 6.67. The van der Waals surface area contributed by atoms with Crippen molar-refractivity contribution < 1.29 is 4.79 Å². The molecule has 0 bridgehead atoms. The number of carbonyl (C=O) groups excluding carboxylic acids is 1. The zero-order valence-corrected chi connectivity index (χ0v) is 8.84. The van der Waals surface area contributed by atoms with Crippen LogP contribution in [0, 0.1) is 5.41 Å². The van der Waals surface area contributed by atoms with Gasteiger partial charge in [-0.1, -0.05) is 32.0 Å². The van der Waals surface area contributed by atoms with Gasteiger partial charge in [0.1, 0.15) is 6.29 Å². The molecule has 0 spiro atoms. The van der Waals surface area contributed by atoms with Gasteiger partial charge in [0.05, 0.1) is 0 Å². The van der Waals surface area contributed by atoms with E-state index in [0.29, 0.717) is 0 Å². The van der Waals surface area contributed by atoms with Crippen molar-refractivity contribution >= 4 is 6.29 Å². The SMILES string of the molecule is CCc1ccc2c(c1)C[C@](C)(C=O)C2. The zero-order valence-electron chi connectivity index (χ0n) is 8.84. The van der Waals surface area contributed by atoms with Crippen molar-refractivity contribution in [2.75, 3.05) is 0 Å². The van der Waals surface area contributed by atoms with Crippen LogP contribution >= 0.6 is 0 Å². The predicted octanol–water partition coefficient (Wildman–Crippen LogP) is 2.55. The lowest BCUT2D eigenvalue weighted by Crippen LogP contribution is -2.17. The van der Waals surface area contributed by atoms with E-state index >= 15 is 0 Å². The summed E-state index contributed by atoms with van der Waals surface area (Å²) in [5.41, 5.74) is 3.96. The second kappa shape index (κ2) is 3.23. The predicted molar refractivity (Wildman–Crippen MR) is 57.4 cm³/mol. The van der Waals surface area contributed by atoms with E-state index in [1.807, 2.05) is 6.92 Å². The molecule has 0 N–H and O–H groups in total. The van der Waals surface area contributed by atoms with E-state index in [1.165, 1.54) is 16.7 Å². The van der Waals surface area contributed by atoms with Crippen LogP contribution in [0.25, 0.3) is 0 Å². The number of fused-ring (bicyclic) bond motifs is 1. The Morgan fingerprint density at radius 3 is 2.71 bits per heavy atom. The number of hydrogen-bond donors (Lipinski definition) is 0. The number of benzene rings is 1. The molecule has 1 aromatic rings. The Morgan fingerprint density at radius 2 is 2.07 bits per heavy atom. The van der Waals surface area contributed by atoms with Crippen LogP contribution in [0.1, 0.15) is 30.5 Å². The van der Waals surface area contributed by atoms with Crippen LogP contribution in [-0.4, -0.2) is 6.29 Å². The van der Waals surface area contributed by atoms with E-state index in [9.17, 15) is 4.79 Å². The Hall–Kier alpha value is -1.11. The van der Waals surface area contributed by atoms with E-state index < -0.39 is 0 Å². The topological polar surface area (TPSA) is 17.1 Å². The fraction of sp³-hybridized carbons (Fsp3) is 0.462. The first-order valence-corrected chi connectivity index (χ1v) is 5.24. The van der Waals surface area contributed by atoms with Crippen molar-refractivity contribution in [1.29, 1.82) is 0 Å². The van der Waals surface area contributed by atoms with Crippen molar-refractivity contribution in [2.45, 2.75) is 33.1 Å². The largest absolute Gasteiger partial charge is 0.303 e. The van der Waals surface area contributed by atoms with E-state index in [1.54, 1.807) is 0 Å². The lowest BCUT2D eigenvalue weighted by molar-refractivity contribution is -0.115. The van der Waals surface area contributed by atoms with Crippen molar-refractivity contribution in [3.05, 3.63) is 34.9 Å². The fourth-order valence-corrected chi connectivity index (χ4v) is 2.25. The molecule has 74 valence electrons. The third-order valence-electron chi connectivity index (χ3n) is 3.15. The average molecular weight is 188 g/mol. The summed E-state index contributed by atoms with van der Waals surface area (Å²) in [6, 6.07) is 6.61. The maximum absolute atomic E-state index is 11.0. The van der Waals surface area contributed by atoms with Crippen molar-refractivity contribution in [3.8, 4) is 0 Å². The van der Waals surface area contributed by atoms with E-state index in [4.69, 9.17) is 0 Å². The minimum Gasteiger partial charge on any atom is -0.303 e. The lowest BCUT2D eigenvalue weighted by Gasteiger charge is -2.12. The molecule has 0 heterocycles. The van der Waals surface area contributed by atoms with Crippen LogP contribution in [0.15, 0.2) is 18.2 Å². The van der Waals surface area contributed by atoms with Gasteiger partial charge in [0.25, 0.3) is 0 Å². The number of aryl methyl sites for hydroxylation is 1. The molecule has 0 aromatic heterocycles. The molecule has 0 unspecified atom stereocenters. The highest BCUT2D eigenvalue weighted by Gasteiger charge is 2.32. The van der Waals surface area contributed by atoms with Crippen LogP contribution in [0.2, 0.25) is 0 Å². The molecule has 1 nitrogen and oxygen atoms in total. The quantitative estimate of drug-likeness (QED) is 0.652. The molecule has 1 atom stereocenters. The Morgan fingerprint density at radius 1 is 1.36 bits per heavy atom. The molecule has 0 radical (unpaired) electrons. The van der Waals surface area contributed by atoms with Crippen molar-refractivity contribution in [2.24, 2.45) is 5.41 Å². The number of rotatable bonds is 2. The summed E-state index contributed by atoms with van der Waals surface area (Å²) < 4.78 is 0. The number of aldehydes is 1. The maximum atomic E-state index is 11.0. The summed E-state index contributed by atoms with van der Waals surface area (Å²) in [4.78, 5) is 11.0. The molecule has 1 aromatic carbocycles. The van der Waals surface area contributed by atoms with Crippen LogP contribution in [-0.2, 0) is 24.1 Å². The van der Waals surface area contributed by atoms with Gasteiger partial charge in [-0.15, -0.1) is 0 Å². The Labute approximate surface area is 85.1 Å². The van der Waals surface area contributed by atoms with Gasteiger partial charge in [0.2, 0.25) is 0 Å². The molecular formula is C13H16O. The normalized spacial score (nSPS) is 24.7. The van der Waals surface area contributed by atoms with Gasteiger partial charge in [-0.2, -0.15) is 0 Å². The third-order valence-corrected chi connectivity index (χ3v) is 3.15. The summed E-state index contributed by atoms with van der Waals surface area (Å²) >= 11 is 0. The summed E-state index contributed by atoms with van der Waals surface area (Å²) in [7, 11) is 0. The average Bonchev–Trinajstić information content (AvgIpc) is 2.54.